The molecule has 0 bridgehead atoms. The Hall–Kier alpha value is -2.86. The van der Waals surface area contributed by atoms with E-state index in [0.29, 0.717) is 5.69 Å². The average molecular weight is 388 g/mol. The van der Waals surface area contributed by atoms with E-state index in [4.69, 9.17) is 11.6 Å². The van der Waals surface area contributed by atoms with Gasteiger partial charge in [-0.3, -0.25) is 9.59 Å². The van der Waals surface area contributed by atoms with Crippen molar-refractivity contribution >= 4 is 40.0 Å². The van der Waals surface area contributed by atoms with E-state index in [1.165, 1.54) is 30.0 Å². The van der Waals surface area contributed by atoms with Crippen LogP contribution in [0.5, 0.6) is 0 Å². The maximum absolute atomic E-state index is 13.3. The van der Waals surface area contributed by atoms with Crippen molar-refractivity contribution in [1.29, 1.82) is 0 Å². The highest BCUT2D eigenvalue weighted by Gasteiger charge is 2.14. The number of rotatable bonds is 6. The van der Waals surface area contributed by atoms with Crippen LogP contribution in [0.3, 0.4) is 0 Å². The van der Waals surface area contributed by atoms with E-state index in [-0.39, 0.29) is 36.3 Å². The SMILES string of the molecule is CC(=O)N(CCNC(=O)Cc1c[nH]c2ccccc12)c1ccc(F)c(Cl)c1. The van der Waals surface area contributed by atoms with Crippen molar-refractivity contribution in [2.45, 2.75) is 13.3 Å². The summed E-state index contributed by atoms with van der Waals surface area (Å²) in [5.74, 6) is -0.903. The molecule has 3 rings (SSSR count). The number of nitrogens with one attached hydrogen (secondary N) is 2. The topological polar surface area (TPSA) is 65.2 Å². The van der Waals surface area contributed by atoms with Gasteiger partial charge in [-0.2, -0.15) is 0 Å². The Morgan fingerprint density at radius 1 is 1.22 bits per heavy atom. The van der Waals surface area contributed by atoms with Gasteiger partial charge in [-0.05, 0) is 29.8 Å². The summed E-state index contributed by atoms with van der Waals surface area (Å²) in [6.45, 7) is 1.94. The Bertz CT molecular complexity index is 986. The van der Waals surface area contributed by atoms with Gasteiger partial charge in [-0.15, -0.1) is 0 Å². The lowest BCUT2D eigenvalue weighted by Crippen LogP contribution is -2.38. The van der Waals surface area contributed by atoms with Crippen LogP contribution in [-0.2, 0) is 16.0 Å². The number of carbonyl (C=O) groups excluding carboxylic acids is 2. The Morgan fingerprint density at radius 3 is 2.74 bits per heavy atom. The molecule has 0 spiro atoms. The monoisotopic (exact) mass is 387 g/mol. The van der Waals surface area contributed by atoms with Crippen molar-refractivity contribution in [3.05, 3.63) is 65.1 Å². The average Bonchev–Trinajstić information content (AvgIpc) is 3.04. The number of aromatic nitrogens is 1. The molecule has 1 aromatic heterocycles. The van der Waals surface area contributed by atoms with E-state index < -0.39 is 5.82 Å². The van der Waals surface area contributed by atoms with Crippen molar-refractivity contribution in [2.75, 3.05) is 18.0 Å². The van der Waals surface area contributed by atoms with Crippen LogP contribution in [0, 0.1) is 5.82 Å². The summed E-state index contributed by atoms with van der Waals surface area (Å²) in [4.78, 5) is 28.7. The highest BCUT2D eigenvalue weighted by Crippen LogP contribution is 2.22. The third-order valence-electron chi connectivity index (χ3n) is 4.28. The number of nitrogens with zero attached hydrogens (tertiary/aromatic N) is 1. The smallest absolute Gasteiger partial charge is 0.224 e. The molecule has 27 heavy (non-hydrogen) atoms. The molecule has 2 amide bonds. The summed E-state index contributed by atoms with van der Waals surface area (Å²) in [6.07, 6.45) is 2.07. The molecule has 2 aromatic carbocycles. The third-order valence-corrected chi connectivity index (χ3v) is 4.57. The normalized spacial score (nSPS) is 10.8. The van der Waals surface area contributed by atoms with E-state index in [1.54, 1.807) is 0 Å². The number of H-pyrrole nitrogens is 1. The molecule has 3 aromatic rings. The van der Waals surface area contributed by atoms with Crippen LogP contribution >= 0.6 is 11.6 Å². The standard InChI is InChI=1S/C20H19ClFN3O2/c1-13(26)25(15-6-7-18(22)17(21)11-15)9-8-23-20(27)10-14-12-24-19-5-3-2-4-16(14)19/h2-7,11-12,24H,8-10H2,1H3,(H,23,27). The summed E-state index contributed by atoms with van der Waals surface area (Å²) >= 11 is 5.79. The molecule has 0 aliphatic heterocycles. The summed E-state index contributed by atoms with van der Waals surface area (Å²) in [7, 11) is 0. The zero-order chi connectivity index (χ0) is 19.4. The van der Waals surface area contributed by atoms with Crippen molar-refractivity contribution in [3.63, 3.8) is 0 Å². The number of amides is 2. The fourth-order valence-corrected chi connectivity index (χ4v) is 3.12. The van der Waals surface area contributed by atoms with E-state index >= 15 is 0 Å². The highest BCUT2D eigenvalue weighted by atomic mass is 35.5. The second-order valence-corrected chi connectivity index (χ2v) is 6.56. The predicted molar refractivity (Wildman–Crippen MR) is 104 cm³/mol. The lowest BCUT2D eigenvalue weighted by molar-refractivity contribution is -0.121. The van der Waals surface area contributed by atoms with Gasteiger partial charge < -0.3 is 15.2 Å². The van der Waals surface area contributed by atoms with Crippen LogP contribution in [0.1, 0.15) is 12.5 Å². The molecule has 0 saturated heterocycles. The molecular weight excluding hydrogens is 369 g/mol. The summed E-state index contributed by atoms with van der Waals surface area (Å²) < 4.78 is 13.3. The van der Waals surface area contributed by atoms with Gasteiger partial charge in [0.2, 0.25) is 11.8 Å². The Balaban J connectivity index is 1.59. The fraction of sp³-hybridized carbons (Fsp3) is 0.200. The van der Waals surface area contributed by atoms with Gasteiger partial charge >= 0.3 is 0 Å². The minimum Gasteiger partial charge on any atom is -0.361 e. The molecule has 140 valence electrons. The highest BCUT2D eigenvalue weighted by molar-refractivity contribution is 6.31. The first-order valence-electron chi connectivity index (χ1n) is 8.50. The number of carbonyl (C=O) groups is 2. The molecule has 0 unspecified atom stereocenters. The molecule has 0 fully saturated rings. The molecule has 0 atom stereocenters. The summed E-state index contributed by atoms with van der Waals surface area (Å²) in [6, 6.07) is 11.9. The fourth-order valence-electron chi connectivity index (χ4n) is 2.94. The number of fused-ring (bicyclic) bond motifs is 1. The lowest BCUT2D eigenvalue weighted by atomic mass is 10.1. The van der Waals surface area contributed by atoms with Crippen LogP contribution in [0.15, 0.2) is 48.7 Å². The van der Waals surface area contributed by atoms with Crippen molar-refractivity contribution in [2.24, 2.45) is 0 Å². The van der Waals surface area contributed by atoms with E-state index in [1.807, 2.05) is 30.5 Å². The molecule has 7 heteroatoms. The first-order valence-corrected chi connectivity index (χ1v) is 8.88. The van der Waals surface area contributed by atoms with Gasteiger partial charge in [0.1, 0.15) is 5.82 Å². The Kier molecular flexibility index (Phi) is 5.76. The minimum absolute atomic E-state index is 0.0536. The maximum Gasteiger partial charge on any atom is 0.224 e. The number of aromatic amines is 1. The molecule has 5 nitrogen and oxygen atoms in total. The van der Waals surface area contributed by atoms with Gasteiger partial charge in [0.05, 0.1) is 11.4 Å². The van der Waals surface area contributed by atoms with Gasteiger partial charge in [-0.25, -0.2) is 4.39 Å². The Labute approximate surface area is 161 Å². The number of benzene rings is 2. The van der Waals surface area contributed by atoms with E-state index in [2.05, 4.69) is 10.3 Å². The third kappa shape index (κ3) is 4.46. The first-order chi connectivity index (χ1) is 13.0. The van der Waals surface area contributed by atoms with Gasteiger partial charge in [0.15, 0.2) is 0 Å². The van der Waals surface area contributed by atoms with Crippen molar-refractivity contribution < 1.29 is 14.0 Å². The lowest BCUT2D eigenvalue weighted by Gasteiger charge is -2.21. The number of anilines is 1. The zero-order valence-electron chi connectivity index (χ0n) is 14.8. The van der Waals surface area contributed by atoms with Crippen LogP contribution in [0.2, 0.25) is 5.02 Å². The van der Waals surface area contributed by atoms with Crippen LogP contribution in [-0.4, -0.2) is 29.9 Å². The molecule has 0 radical (unpaired) electrons. The Morgan fingerprint density at radius 2 is 2.00 bits per heavy atom. The largest absolute Gasteiger partial charge is 0.361 e. The van der Waals surface area contributed by atoms with Gasteiger partial charge in [0.25, 0.3) is 0 Å². The molecule has 1 heterocycles. The van der Waals surface area contributed by atoms with Crippen LogP contribution in [0.25, 0.3) is 10.9 Å². The van der Waals surface area contributed by atoms with Crippen molar-refractivity contribution in [3.8, 4) is 0 Å². The molecular formula is C20H19ClFN3O2. The number of hydrogen-bond donors (Lipinski definition) is 2. The summed E-state index contributed by atoms with van der Waals surface area (Å²) in [5, 5.41) is 3.77. The zero-order valence-corrected chi connectivity index (χ0v) is 15.5. The second-order valence-electron chi connectivity index (χ2n) is 6.16. The summed E-state index contributed by atoms with van der Waals surface area (Å²) in [5.41, 5.74) is 2.38. The number of hydrogen-bond acceptors (Lipinski definition) is 2. The number of halogens is 2. The van der Waals surface area contributed by atoms with E-state index in [0.717, 1.165) is 16.5 Å². The van der Waals surface area contributed by atoms with Gasteiger partial charge in [-0.1, -0.05) is 29.8 Å². The molecule has 0 saturated carbocycles. The van der Waals surface area contributed by atoms with Crippen LogP contribution in [0.4, 0.5) is 10.1 Å². The van der Waals surface area contributed by atoms with Gasteiger partial charge in [0, 0.05) is 42.8 Å². The van der Waals surface area contributed by atoms with E-state index in [9.17, 15) is 14.0 Å². The van der Waals surface area contributed by atoms with Crippen molar-refractivity contribution in [1.82, 2.24) is 10.3 Å². The predicted octanol–water partition coefficient (Wildman–Crippen LogP) is 3.67. The number of para-hydroxylation sites is 1. The van der Waals surface area contributed by atoms with Crippen LogP contribution < -0.4 is 10.2 Å². The molecule has 0 aliphatic rings. The maximum atomic E-state index is 13.3. The molecule has 0 aliphatic carbocycles. The second kappa shape index (κ2) is 8.22. The first kappa shape index (κ1) is 18.9. The minimum atomic E-state index is -0.545. The molecule has 2 N–H and O–H groups in total. The quantitative estimate of drug-likeness (QED) is 0.677.